The van der Waals surface area contributed by atoms with Gasteiger partial charge in [-0.3, -0.25) is 0 Å². The summed E-state index contributed by atoms with van der Waals surface area (Å²) in [5, 5.41) is 17.1. The fraction of sp³-hybridized carbons (Fsp3) is 0. The number of para-hydroxylation sites is 1. The first-order valence-corrected chi connectivity index (χ1v) is 19.3. The fourth-order valence-corrected chi connectivity index (χ4v) is 9.12. The van der Waals surface area contributed by atoms with Crippen LogP contribution in [0.2, 0.25) is 0 Å². The number of hydrogen-bond donors (Lipinski definition) is 0. The summed E-state index contributed by atoms with van der Waals surface area (Å²) in [6.07, 6.45) is 0. The van der Waals surface area contributed by atoms with Crippen LogP contribution in [0.3, 0.4) is 0 Å². The molecule has 0 N–H and O–H groups in total. The third-order valence-corrected chi connectivity index (χ3v) is 11.8. The minimum Gasteiger partial charge on any atom is -0.310 e. The lowest BCUT2D eigenvalue weighted by molar-refractivity contribution is 0.766. The Labute approximate surface area is 321 Å². The zero-order valence-corrected chi connectivity index (χ0v) is 30.5. The van der Waals surface area contributed by atoms with Crippen LogP contribution in [0.25, 0.3) is 80.7 Å². The van der Waals surface area contributed by atoms with Gasteiger partial charge in [-0.2, -0.15) is 4.80 Å². The number of nitrogens with zero attached hydrogens (tertiary/aromatic N) is 4. The van der Waals surface area contributed by atoms with Gasteiger partial charge in [-0.25, -0.2) is 0 Å². The molecule has 11 rings (SSSR count). The van der Waals surface area contributed by atoms with Crippen LogP contribution >= 0.6 is 11.3 Å². The molecule has 5 heteroatoms. The zero-order chi connectivity index (χ0) is 36.3. The topological polar surface area (TPSA) is 34.0 Å². The molecule has 0 radical (unpaired) electrons. The molecule has 0 spiro atoms. The van der Waals surface area contributed by atoms with Crippen molar-refractivity contribution in [2.75, 3.05) is 4.90 Å². The molecule has 2 heterocycles. The molecule has 9 aromatic carbocycles. The molecule has 0 atom stereocenters. The zero-order valence-electron chi connectivity index (χ0n) is 29.7. The van der Waals surface area contributed by atoms with Crippen molar-refractivity contribution in [3.05, 3.63) is 194 Å². The largest absolute Gasteiger partial charge is 0.310 e. The quantitative estimate of drug-likeness (QED) is 0.160. The standard InChI is InChI=1S/C50H32N4S/c1-3-12-33(13-4-1)41-18-7-8-19-42(41)36-14-11-17-38(30-36)53(40-27-29-48-45(32-40)43-20-9-10-21-47(43)55-48)39-26-24-34-22-23-35-25-28-46-50(49(35)44(34)31-39)52-54(51-46)37-15-5-2-6-16-37/h1-32H. The smallest absolute Gasteiger partial charge is 0.122 e. The van der Waals surface area contributed by atoms with Crippen LogP contribution in [0, 0.1) is 0 Å². The number of benzene rings is 9. The number of rotatable bonds is 6. The molecule has 258 valence electrons. The van der Waals surface area contributed by atoms with Crippen molar-refractivity contribution in [3.63, 3.8) is 0 Å². The van der Waals surface area contributed by atoms with Crippen molar-refractivity contribution in [3.8, 4) is 27.9 Å². The highest BCUT2D eigenvalue weighted by Gasteiger charge is 2.19. The van der Waals surface area contributed by atoms with E-state index in [-0.39, 0.29) is 0 Å². The Hall–Kier alpha value is -7.08. The van der Waals surface area contributed by atoms with Crippen molar-refractivity contribution in [2.45, 2.75) is 0 Å². The average molecular weight is 721 g/mol. The molecule has 0 saturated heterocycles. The highest BCUT2D eigenvalue weighted by molar-refractivity contribution is 7.25. The van der Waals surface area contributed by atoms with E-state index < -0.39 is 0 Å². The number of hydrogen-bond acceptors (Lipinski definition) is 4. The number of fused-ring (bicyclic) bond motifs is 8. The second kappa shape index (κ2) is 12.8. The highest BCUT2D eigenvalue weighted by atomic mass is 32.1. The lowest BCUT2D eigenvalue weighted by atomic mass is 9.94. The van der Waals surface area contributed by atoms with E-state index >= 15 is 0 Å². The maximum Gasteiger partial charge on any atom is 0.122 e. The van der Waals surface area contributed by atoms with Crippen LogP contribution in [-0.2, 0) is 0 Å². The lowest BCUT2D eigenvalue weighted by Crippen LogP contribution is -2.10. The van der Waals surface area contributed by atoms with Gasteiger partial charge < -0.3 is 4.90 Å². The SMILES string of the molecule is c1ccc(-c2ccccc2-c2cccc(N(c3ccc4sc5ccccc5c4c3)c3ccc4ccc5ccc6nn(-c7ccccc7)nc6c5c4c3)c2)cc1. The van der Waals surface area contributed by atoms with E-state index in [1.165, 1.54) is 36.9 Å². The molecule has 2 aromatic heterocycles. The van der Waals surface area contributed by atoms with Gasteiger partial charge in [-0.1, -0.05) is 127 Å². The van der Waals surface area contributed by atoms with Crippen LogP contribution < -0.4 is 4.90 Å². The maximum atomic E-state index is 5.08. The minimum atomic E-state index is 0.866. The predicted molar refractivity (Wildman–Crippen MR) is 232 cm³/mol. The minimum absolute atomic E-state index is 0.866. The number of aromatic nitrogens is 3. The predicted octanol–water partition coefficient (Wildman–Crippen LogP) is 13.9. The molecule has 11 aromatic rings. The Bertz CT molecular complexity index is 3220. The second-order valence-electron chi connectivity index (χ2n) is 13.9. The van der Waals surface area contributed by atoms with Gasteiger partial charge in [0.25, 0.3) is 0 Å². The van der Waals surface area contributed by atoms with Gasteiger partial charge in [-0.05, 0) is 105 Å². The van der Waals surface area contributed by atoms with Crippen LogP contribution in [0.4, 0.5) is 17.1 Å². The molecular weight excluding hydrogens is 689 g/mol. The summed E-state index contributed by atoms with van der Waals surface area (Å²) in [5.74, 6) is 0. The molecule has 4 nitrogen and oxygen atoms in total. The molecule has 0 aliphatic carbocycles. The molecule has 0 aliphatic rings. The van der Waals surface area contributed by atoms with E-state index in [0.717, 1.165) is 60.9 Å². The third-order valence-electron chi connectivity index (χ3n) is 10.6. The average Bonchev–Trinajstić information content (AvgIpc) is 3.86. The Morgan fingerprint density at radius 1 is 0.418 bits per heavy atom. The molecule has 0 aliphatic heterocycles. The molecular formula is C50H32N4S. The van der Waals surface area contributed by atoms with E-state index in [1.54, 1.807) is 4.80 Å². The van der Waals surface area contributed by atoms with E-state index in [4.69, 9.17) is 10.2 Å². The van der Waals surface area contributed by atoms with Crippen LogP contribution in [-0.4, -0.2) is 15.0 Å². The molecule has 0 unspecified atom stereocenters. The van der Waals surface area contributed by atoms with E-state index in [9.17, 15) is 0 Å². The van der Waals surface area contributed by atoms with Gasteiger partial charge in [0.2, 0.25) is 0 Å². The van der Waals surface area contributed by atoms with Crippen LogP contribution in [0.5, 0.6) is 0 Å². The monoisotopic (exact) mass is 720 g/mol. The Kier molecular flexibility index (Phi) is 7.32. The highest BCUT2D eigenvalue weighted by Crippen LogP contribution is 2.44. The van der Waals surface area contributed by atoms with Crippen molar-refractivity contribution in [2.24, 2.45) is 0 Å². The Morgan fingerprint density at radius 2 is 1.04 bits per heavy atom. The summed E-state index contributed by atoms with van der Waals surface area (Å²) in [4.78, 5) is 4.15. The molecule has 0 amide bonds. The fourth-order valence-electron chi connectivity index (χ4n) is 8.04. The molecule has 55 heavy (non-hydrogen) atoms. The van der Waals surface area contributed by atoms with Gasteiger partial charge in [0.1, 0.15) is 11.0 Å². The second-order valence-corrected chi connectivity index (χ2v) is 15.0. The summed E-state index contributed by atoms with van der Waals surface area (Å²) in [7, 11) is 0. The summed E-state index contributed by atoms with van der Waals surface area (Å²) in [6, 6.07) is 69.5. The summed E-state index contributed by atoms with van der Waals surface area (Å²) < 4.78 is 2.58. The molecule has 0 fully saturated rings. The van der Waals surface area contributed by atoms with Crippen LogP contribution in [0.15, 0.2) is 194 Å². The van der Waals surface area contributed by atoms with Crippen LogP contribution in [0.1, 0.15) is 0 Å². The van der Waals surface area contributed by atoms with Gasteiger partial charge in [-0.15, -0.1) is 21.5 Å². The lowest BCUT2D eigenvalue weighted by Gasteiger charge is -2.27. The molecule has 0 saturated carbocycles. The normalized spacial score (nSPS) is 11.6. The first kappa shape index (κ1) is 31.4. The van der Waals surface area contributed by atoms with Gasteiger partial charge in [0, 0.05) is 42.6 Å². The first-order valence-electron chi connectivity index (χ1n) is 18.5. The third kappa shape index (κ3) is 5.36. The van der Waals surface area contributed by atoms with Crippen molar-refractivity contribution < 1.29 is 0 Å². The van der Waals surface area contributed by atoms with Gasteiger partial charge in [0.05, 0.1) is 5.69 Å². The molecule has 0 bridgehead atoms. The van der Waals surface area contributed by atoms with Crippen molar-refractivity contribution >= 4 is 81.1 Å². The van der Waals surface area contributed by atoms with Crippen molar-refractivity contribution in [1.82, 2.24) is 15.0 Å². The first-order chi connectivity index (χ1) is 27.2. The maximum absolute atomic E-state index is 5.08. The van der Waals surface area contributed by atoms with Gasteiger partial charge >= 0.3 is 0 Å². The summed E-state index contributed by atoms with van der Waals surface area (Å²) in [5.41, 5.74) is 10.7. The summed E-state index contributed by atoms with van der Waals surface area (Å²) >= 11 is 1.84. The van der Waals surface area contributed by atoms with E-state index in [0.29, 0.717) is 0 Å². The van der Waals surface area contributed by atoms with Gasteiger partial charge in [0.15, 0.2) is 0 Å². The van der Waals surface area contributed by atoms with E-state index in [1.807, 2.05) is 41.7 Å². The number of thiophene rings is 1. The van der Waals surface area contributed by atoms with Crippen molar-refractivity contribution in [1.29, 1.82) is 0 Å². The number of anilines is 3. The Balaban J connectivity index is 1.14. The van der Waals surface area contributed by atoms with E-state index in [2.05, 4.69) is 169 Å². The summed E-state index contributed by atoms with van der Waals surface area (Å²) in [6.45, 7) is 0. The Morgan fingerprint density at radius 3 is 1.89 bits per heavy atom.